The largest absolute Gasteiger partial charge is 0.272 e. The van der Waals surface area contributed by atoms with Crippen LogP contribution in [0.1, 0.15) is 15.9 Å². The topological polar surface area (TPSA) is 65.2 Å². The minimum atomic E-state index is -0.500. The maximum absolute atomic E-state index is 12.0. The number of halogens is 2. The molecule has 0 saturated heterocycles. The molecule has 0 atom stereocenters. The van der Waals surface area contributed by atoms with Crippen LogP contribution in [0.15, 0.2) is 53.6 Å². The number of hydrazone groups is 1. The molecule has 0 aliphatic carbocycles. The van der Waals surface area contributed by atoms with Crippen molar-refractivity contribution in [1.82, 2.24) is 5.43 Å². The summed E-state index contributed by atoms with van der Waals surface area (Å²) in [5, 5.41) is 13.6. The number of hydrogen-bond acceptors (Lipinski definition) is 3. The van der Waals surface area contributed by atoms with Gasteiger partial charge in [0, 0.05) is 5.56 Å². The van der Waals surface area contributed by atoms with Crippen molar-refractivity contribution in [2.75, 3.05) is 0 Å². The minimum Gasteiger partial charge on any atom is -0.267 e. The second-order valence-electron chi connectivity index (χ2n) is 3.97. The Morgan fingerprint density at radius 2 is 1.52 bits per heavy atom. The van der Waals surface area contributed by atoms with Crippen LogP contribution in [-0.2, 0) is 0 Å². The molecule has 6 heteroatoms. The van der Waals surface area contributed by atoms with Gasteiger partial charge in [0.15, 0.2) is 5.71 Å². The maximum Gasteiger partial charge on any atom is 0.272 e. The van der Waals surface area contributed by atoms with Gasteiger partial charge >= 0.3 is 0 Å². The summed E-state index contributed by atoms with van der Waals surface area (Å²) in [6.07, 6.45) is 0. The lowest BCUT2D eigenvalue weighted by Crippen LogP contribution is -2.20. The minimum absolute atomic E-state index is 0.0148. The van der Waals surface area contributed by atoms with Crippen LogP contribution in [0.5, 0.6) is 0 Å². The molecular formula is C15H9Cl2N3O. The quantitative estimate of drug-likeness (QED) is 0.693. The average molecular weight is 318 g/mol. The number of amides is 1. The van der Waals surface area contributed by atoms with Crippen molar-refractivity contribution in [2.45, 2.75) is 0 Å². The van der Waals surface area contributed by atoms with E-state index in [-0.39, 0.29) is 11.3 Å². The van der Waals surface area contributed by atoms with Gasteiger partial charge in [0.2, 0.25) is 0 Å². The highest BCUT2D eigenvalue weighted by atomic mass is 35.5. The van der Waals surface area contributed by atoms with E-state index < -0.39 is 5.91 Å². The van der Waals surface area contributed by atoms with Crippen LogP contribution in [-0.4, -0.2) is 11.6 Å². The third-order valence-electron chi connectivity index (χ3n) is 2.62. The maximum atomic E-state index is 12.0. The first-order chi connectivity index (χ1) is 10.1. The highest BCUT2D eigenvalue weighted by Gasteiger charge is 2.11. The van der Waals surface area contributed by atoms with Gasteiger partial charge in [-0.3, -0.25) is 4.79 Å². The van der Waals surface area contributed by atoms with E-state index in [2.05, 4.69) is 10.5 Å². The molecule has 104 valence electrons. The van der Waals surface area contributed by atoms with Gasteiger partial charge in [-0.2, -0.15) is 10.4 Å². The Balaban J connectivity index is 2.24. The van der Waals surface area contributed by atoms with E-state index in [1.54, 1.807) is 48.5 Å². The first-order valence-corrected chi connectivity index (χ1v) is 6.66. The smallest absolute Gasteiger partial charge is 0.267 e. The molecule has 2 aromatic carbocycles. The zero-order valence-electron chi connectivity index (χ0n) is 10.7. The summed E-state index contributed by atoms with van der Waals surface area (Å²) in [5.41, 5.74) is 3.04. The fourth-order valence-corrected chi connectivity index (χ4v) is 2.06. The second-order valence-corrected chi connectivity index (χ2v) is 4.79. The number of nitriles is 1. The summed E-state index contributed by atoms with van der Waals surface area (Å²) in [4.78, 5) is 12.0. The average Bonchev–Trinajstić information content (AvgIpc) is 2.49. The lowest BCUT2D eigenvalue weighted by atomic mass is 10.1. The Morgan fingerprint density at radius 3 is 2.05 bits per heavy atom. The number of nitrogens with one attached hydrogen (secondary N) is 1. The number of rotatable bonds is 3. The Morgan fingerprint density at radius 1 is 1.00 bits per heavy atom. The molecule has 0 fully saturated rings. The number of carbonyl (C=O) groups is 1. The molecule has 0 spiro atoms. The van der Waals surface area contributed by atoms with Crippen molar-refractivity contribution in [3.05, 3.63) is 69.7 Å². The monoisotopic (exact) mass is 317 g/mol. The first kappa shape index (κ1) is 15.0. The molecule has 1 amide bonds. The molecule has 4 nitrogen and oxygen atoms in total. The fraction of sp³-hybridized carbons (Fsp3) is 0. The highest BCUT2D eigenvalue weighted by Crippen LogP contribution is 2.16. The number of benzene rings is 2. The molecule has 0 saturated carbocycles. The Labute approximate surface area is 131 Å². The van der Waals surface area contributed by atoms with Crippen molar-refractivity contribution in [3.8, 4) is 6.07 Å². The molecule has 0 heterocycles. The molecule has 0 unspecified atom stereocenters. The second kappa shape index (κ2) is 6.89. The summed E-state index contributed by atoms with van der Waals surface area (Å²) in [7, 11) is 0. The predicted octanol–water partition coefficient (Wildman–Crippen LogP) is 3.65. The predicted molar refractivity (Wildman–Crippen MR) is 82.5 cm³/mol. The van der Waals surface area contributed by atoms with Gasteiger partial charge in [-0.1, -0.05) is 53.5 Å². The molecule has 0 radical (unpaired) electrons. The van der Waals surface area contributed by atoms with Crippen LogP contribution in [0.25, 0.3) is 0 Å². The van der Waals surface area contributed by atoms with Crippen LogP contribution in [0.2, 0.25) is 10.0 Å². The van der Waals surface area contributed by atoms with Crippen molar-refractivity contribution in [3.63, 3.8) is 0 Å². The molecule has 21 heavy (non-hydrogen) atoms. The molecule has 0 aliphatic rings. The third kappa shape index (κ3) is 3.60. The van der Waals surface area contributed by atoms with E-state index in [9.17, 15) is 4.79 Å². The molecule has 0 aliphatic heterocycles. The van der Waals surface area contributed by atoms with Gasteiger partial charge in [0.1, 0.15) is 6.07 Å². The van der Waals surface area contributed by atoms with Crippen LogP contribution in [0.4, 0.5) is 0 Å². The van der Waals surface area contributed by atoms with E-state index in [4.69, 9.17) is 28.5 Å². The zero-order valence-corrected chi connectivity index (χ0v) is 12.2. The Hall–Kier alpha value is -2.35. The van der Waals surface area contributed by atoms with Crippen molar-refractivity contribution in [2.24, 2.45) is 5.10 Å². The molecule has 0 bridgehead atoms. The highest BCUT2D eigenvalue weighted by molar-refractivity contribution is 6.35. The first-order valence-electron chi connectivity index (χ1n) is 5.91. The zero-order chi connectivity index (χ0) is 15.2. The van der Waals surface area contributed by atoms with Crippen LogP contribution < -0.4 is 5.43 Å². The standard InChI is InChI=1S/C15H9Cl2N3O/c16-12-7-3-1-5-10(12)14(9-18)19-20-15(21)11-6-2-4-8-13(11)17/h1-8H,(H,20,21). The van der Waals surface area contributed by atoms with Crippen molar-refractivity contribution < 1.29 is 4.79 Å². The van der Waals surface area contributed by atoms with E-state index in [1.165, 1.54) is 0 Å². The third-order valence-corrected chi connectivity index (χ3v) is 3.28. The van der Waals surface area contributed by atoms with Gasteiger partial charge in [-0.25, -0.2) is 5.43 Å². The number of hydrogen-bond donors (Lipinski definition) is 1. The van der Waals surface area contributed by atoms with Gasteiger partial charge in [-0.05, 0) is 18.2 Å². The molecule has 2 rings (SSSR count). The summed E-state index contributed by atoms with van der Waals surface area (Å²) in [6.45, 7) is 0. The Bertz CT molecular complexity index is 751. The van der Waals surface area contributed by atoms with E-state index in [0.717, 1.165) is 0 Å². The van der Waals surface area contributed by atoms with Gasteiger partial charge in [-0.15, -0.1) is 0 Å². The number of carbonyl (C=O) groups excluding carboxylic acids is 1. The molecule has 0 aromatic heterocycles. The van der Waals surface area contributed by atoms with Gasteiger partial charge in [0.05, 0.1) is 15.6 Å². The normalized spacial score (nSPS) is 10.8. The van der Waals surface area contributed by atoms with Crippen LogP contribution >= 0.6 is 23.2 Å². The van der Waals surface area contributed by atoms with Crippen molar-refractivity contribution >= 4 is 34.8 Å². The summed E-state index contributed by atoms with van der Waals surface area (Å²) in [5.74, 6) is -0.500. The summed E-state index contributed by atoms with van der Waals surface area (Å²) in [6, 6.07) is 15.2. The summed E-state index contributed by atoms with van der Waals surface area (Å²) >= 11 is 11.9. The SMILES string of the molecule is N#CC(=NNC(=O)c1ccccc1Cl)c1ccccc1Cl. The van der Waals surface area contributed by atoms with Crippen molar-refractivity contribution in [1.29, 1.82) is 5.26 Å². The molecule has 2 aromatic rings. The fourth-order valence-electron chi connectivity index (χ4n) is 1.61. The summed E-state index contributed by atoms with van der Waals surface area (Å²) < 4.78 is 0. The van der Waals surface area contributed by atoms with Gasteiger partial charge in [0.25, 0.3) is 5.91 Å². The lowest BCUT2D eigenvalue weighted by Gasteiger charge is -2.04. The Kier molecular flexibility index (Phi) is 4.94. The lowest BCUT2D eigenvalue weighted by molar-refractivity contribution is 0.0955. The van der Waals surface area contributed by atoms with Gasteiger partial charge < -0.3 is 0 Å². The van der Waals surface area contributed by atoms with E-state index in [1.807, 2.05) is 6.07 Å². The van der Waals surface area contributed by atoms with Crippen LogP contribution in [0, 0.1) is 11.3 Å². The molecule has 1 N–H and O–H groups in total. The van der Waals surface area contributed by atoms with E-state index >= 15 is 0 Å². The number of nitrogens with zero attached hydrogens (tertiary/aromatic N) is 2. The van der Waals surface area contributed by atoms with Crippen LogP contribution in [0.3, 0.4) is 0 Å². The van der Waals surface area contributed by atoms with E-state index in [0.29, 0.717) is 15.6 Å². The molecular weight excluding hydrogens is 309 g/mol.